The Bertz CT molecular complexity index is 597. The summed E-state index contributed by atoms with van der Waals surface area (Å²) in [6.07, 6.45) is 1.34. The normalized spacial score (nSPS) is 20.3. The van der Waals surface area contributed by atoms with E-state index in [2.05, 4.69) is 16.0 Å². The molecule has 3 amide bonds. The van der Waals surface area contributed by atoms with Gasteiger partial charge in [0.25, 0.3) is 0 Å². The quantitative estimate of drug-likeness (QED) is 0.728. The van der Waals surface area contributed by atoms with E-state index in [1.165, 1.54) is 0 Å². The number of nitrogens with one attached hydrogen (secondary N) is 3. The zero-order chi connectivity index (χ0) is 14.1. The van der Waals surface area contributed by atoms with Crippen LogP contribution in [-0.2, 0) is 27.3 Å². The Balaban J connectivity index is 1.59. The molecular weight excluding hydrogens is 258 g/mol. The maximum Gasteiger partial charge on any atom is 0.242 e. The smallest absolute Gasteiger partial charge is 0.242 e. The molecule has 20 heavy (non-hydrogen) atoms. The third-order valence-electron chi connectivity index (χ3n) is 3.57. The maximum absolute atomic E-state index is 11.9. The molecule has 0 aliphatic carbocycles. The average molecular weight is 273 g/mol. The van der Waals surface area contributed by atoms with Gasteiger partial charge in [-0.3, -0.25) is 14.4 Å². The molecule has 0 bridgehead atoms. The molecule has 6 heteroatoms. The summed E-state index contributed by atoms with van der Waals surface area (Å²) >= 11 is 0. The first-order chi connectivity index (χ1) is 9.61. The molecular formula is C14H15N3O3. The number of amides is 3. The highest BCUT2D eigenvalue weighted by atomic mass is 16.2. The topological polar surface area (TPSA) is 87.3 Å². The van der Waals surface area contributed by atoms with Crippen LogP contribution in [0, 0.1) is 0 Å². The second-order valence-corrected chi connectivity index (χ2v) is 5.09. The van der Waals surface area contributed by atoms with Crippen LogP contribution < -0.4 is 16.0 Å². The Labute approximate surface area is 115 Å². The summed E-state index contributed by atoms with van der Waals surface area (Å²) in [5, 5.41) is 8.20. The average Bonchev–Trinajstić information content (AvgIpc) is 3.00. The van der Waals surface area contributed by atoms with Gasteiger partial charge in [-0.25, -0.2) is 0 Å². The standard InChI is InChI=1S/C14H15N3O3/c18-12-4-3-11(17-12)14(20)15-7-8-1-2-10-9(5-8)6-13(19)16-10/h1-2,5,11H,3-4,6-7H2,(H,15,20)(H,16,19)(H,17,18). The summed E-state index contributed by atoms with van der Waals surface area (Å²) in [7, 11) is 0. The molecule has 0 radical (unpaired) electrons. The highest BCUT2D eigenvalue weighted by Gasteiger charge is 2.26. The Morgan fingerprint density at radius 2 is 2.15 bits per heavy atom. The predicted molar refractivity (Wildman–Crippen MR) is 71.8 cm³/mol. The van der Waals surface area contributed by atoms with Gasteiger partial charge in [0, 0.05) is 18.7 Å². The van der Waals surface area contributed by atoms with E-state index in [-0.39, 0.29) is 17.7 Å². The van der Waals surface area contributed by atoms with E-state index in [4.69, 9.17) is 0 Å². The number of carbonyl (C=O) groups excluding carboxylic acids is 3. The molecule has 1 saturated heterocycles. The minimum Gasteiger partial charge on any atom is -0.350 e. The van der Waals surface area contributed by atoms with Gasteiger partial charge in [0.15, 0.2) is 0 Å². The summed E-state index contributed by atoms with van der Waals surface area (Å²) in [5.74, 6) is -0.243. The molecule has 1 unspecified atom stereocenters. The molecule has 2 heterocycles. The van der Waals surface area contributed by atoms with Crippen LogP contribution in [0.15, 0.2) is 18.2 Å². The second-order valence-electron chi connectivity index (χ2n) is 5.09. The highest BCUT2D eigenvalue weighted by molar-refractivity contribution is 5.99. The number of fused-ring (bicyclic) bond motifs is 1. The van der Waals surface area contributed by atoms with Crippen LogP contribution in [-0.4, -0.2) is 23.8 Å². The lowest BCUT2D eigenvalue weighted by Crippen LogP contribution is -2.41. The van der Waals surface area contributed by atoms with Gasteiger partial charge in [-0.2, -0.15) is 0 Å². The molecule has 3 N–H and O–H groups in total. The Morgan fingerprint density at radius 1 is 1.30 bits per heavy atom. The molecule has 1 atom stereocenters. The number of anilines is 1. The SMILES string of the molecule is O=C1Cc2cc(CNC(=O)C3CCC(=O)N3)ccc2N1. The van der Waals surface area contributed by atoms with Gasteiger partial charge in [-0.15, -0.1) is 0 Å². The van der Waals surface area contributed by atoms with Gasteiger partial charge in [0.2, 0.25) is 17.7 Å². The van der Waals surface area contributed by atoms with E-state index < -0.39 is 6.04 Å². The van der Waals surface area contributed by atoms with Gasteiger partial charge in [-0.05, 0) is 23.6 Å². The number of hydrogen-bond donors (Lipinski definition) is 3. The van der Waals surface area contributed by atoms with Crippen molar-refractivity contribution in [2.75, 3.05) is 5.32 Å². The van der Waals surface area contributed by atoms with Crippen molar-refractivity contribution < 1.29 is 14.4 Å². The third-order valence-corrected chi connectivity index (χ3v) is 3.57. The fraction of sp³-hybridized carbons (Fsp3) is 0.357. The molecule has 6 nitrogen and oxygen atoms in total. The van der Waals surface area contributed by atoms with Gasteiger partial charge in [0.1, 0.15) is 6.04 Å². The first kappa shape index (κ1) is 12.7. The second kappa shape index (κ2) is 4.96. The maximum atomic E-state index is 11.9. The summed E-state index contributed by atoms with van der Waals surface area (Å²) in [5.41, 5.74) is 2.74. The minimum absolute atomic E-state index is 0.00477. The van der Waals surface area contributed by atoms with Crippen molar-refractivity contribution in [2.45, 2.75) is 31.8 Å². The van der Waals surface area contributed by atoms with Crippen LogP contribution in [0.2, 0.25) is 0 Å². The largest absolute Gasteiger partial charge is 0.350 e. The minimum atomic E-state index is -0.417. The molecule has 1 aromatic carbocycles. The Kier molecular flexibility index (Phi) is 3.14. The summed E-state index contributed by atoms with van der Waals surface area (Å²) < 4.78 is 0. The molecule has 3 rings (SSSR count). The first-order valence-corrected chi connectivity index (χ1v) is 6.60. The van der Waals surface area contributed by atoms with Gasteiger partial charge >= 0.3 is 0 Å². The monoisotopic (exact) mass is 273 g/mol. The lowest BCUT2D eigenvalue weighted by Gasteiger charge is -2.11. The van der Waals surface area contributed by atoms with Crippen LogP contribution in [0.25, 0.3) is 0 Å². The number of rotatable bonds is 3. The van der Waals surface area contributed by atoms with Crippen molar-refractivity contribution in [3.05, 3.63) is 29.3 Å². The zero-order valence-corrected chi connectivity index (χ0v) is 10.9. The van der Waals surface area contributed by atoms with Crippen LogP contribution in [0.3, 0.4) is 0 Å². The molecule has 0 saturated carbocycles. The van der Waals surface area contributed by atoms with Gasteiger partial charge < -0.3 is 16.0 Å². The highest BCUT2D eigenvalue weighted by Crippen LogP contribution is 2.23. The summed E-state index contributed by atoms with van der Waals surface area (Å²) in [4.78, 5) is 34.2. The van der Waals surface area contributed by atoms with Crippen LogP contribution in [0.4, 0.5) is 5.69 Å². The molecule has 2 aliphatic heterocycles. The number of benzene rings is 1. The van der Waals surface area contributed by atoms with E-state index in [0.29, 0.717) is 25.8 Å². The van der Waals surface area contributed by atoms with Crippen molar-refractivity contribution in [3.8, 4) is 0 Å². The summed E-state index contributed by atoms with van der Waals surface area (Å²) in [6.45, 7) is 0.396. The first-order valence-electron chi connectivity index (χ1n) is 6.60. The van der Waals surface area contributed by atoms with E-state index in [1.54, 1.807) is 0 Å². The number of carbonyl (C=O) groups is 3. The van der Waals surface area contributed by atoms with Crippen LogP contribution in [0.1, 0.15) is 24.0 Å². The molecule has 104 valence electrons. The van der Waals surface area contributed by atoms with Gasteiger partial charge in [0.05, 0.1) is 6.42 Å². The van der Waals surface area contributed by atoms with E-state index in [9.17, 15) is 14.4 Å². The van der Waals surface area contributed by atoms with E-state index >= 15 is 0 Å². The third kappa shape index (κ3) is 2.49. The molecule has 1 fully saturated rings. The summed E-state index contributed by atoms with van der Waals surface area (Å²) in [6, 6.07) is 5.22. The Hall–Kier alpha value is -2.37. The van der Waals surface area contributed by atoms with Crippen molar-refractivity contribution in [1.29, 1.82) is 0 Å². The fourth-order valence-corrected chi connectivity index (χ4v) is 2.52. The van der Waals surface area contributed by atoms with Crippen molar-refractivity contribution in [3.63, 3.8) is 0 Å². The van der Waals surface area contributed by atoms with Crippen LogP contribution in [0.5, 0.6) is 0 Å². The van der Waals surface area contributed by atoms with E-state index in [0.717, 1.165) is 16.8 Å². The van der Waals surface area contributed by atoms with Crippen molar-refractivity contribution >= 4 is 23.4 Å². The van der Waals surface area contributed by atoms with Crippen LogP contribution >= 0.6 is 0 Å². The predicted octanol–water partition coefficient (Wildman–Crippen LogP) is 0.0760. The Morgan fingerprint density at radius 3 is 2.90 bits per heavy atom. The lowest BCUT2D eigenvalue weighted by molar-refractivity contribution is -0.125. The fourth-order valence-electron chi connectivity index (χ4n) is 2.52. The van der Waals surface area contributed by atoms with Crippen molar-refractivity contribution in [2.24, 2.45) is 0 Å². The molecule has 1 aromatic rings. The van der Waals surface area contributed by atoms with E-state index in [1.807, 2.05) is 18.2 Å². The number of hydrogen-bond acceptors (Lipinski definition) is 3. The molecule has 2 aliphatic rings. The van der Waals surface area contributed by atoms with Crippen molar-refractivity contribution in [1.82, 2.24) is 10.6 Å². The zero-order valence-electron chi connectivity index (χ0n) is 10.9. The van der Waals surface area contributed by atoms with Gasteiger partial charge in [-0.1, -0.05) is 12.1 Å². The molecule has 0 aromatic heterocycles. The lowest BCUT2D eigenvalue weighted by atomic mass is 10.1. The molecule has 0 spiro atoms.